The third-order valence-corrected chi connectivity index (χ3v) is 13.2. The number of carbonyl (C=O) groups excluding carboxylic acids is 3. The van der Waals surface area contributed by atoms with Gasteiger partial charge < -0.3 is 15.1 Å². The summed E-state index contributed by atoms with van der Waals surface area (Å²) in [6.45, 7) is 2.07. The number of hydrogen-bond acceptors (Lipinski definition) is 11. The number of thioether (sulfide) groups is 2. The number of benzene rings is 3. The first kappa shape index (κ1) is 39.0. The van der Waals surface area contributed by atoms with Gasteiger partial charge in [-0.3, -0.25) is 19.3 Å². The van der Waals surface area contributed by atoms with Gasteiger partial charge in [0.15, 0.2) is 5.78 Å². The molecule has 0 spiro atoms. The fourth-order valence-corrected chi connectivity index (χ4v) is 10.1. The zero-order valence-electron chi connectivity index (χ0n) is 31.5. The number of azo groups is 1. The predicted molar refractivity (Wildman–Crippen MR) is 221 cm³/mol. The maximum Gasteiger partial charge on any atom is 0.352 e. The zero-order chi connectivity index (χ0) is 39.6. The number of amides is 1. The Morgan fingerprint density at radius 3 is 2.39 bits per heavy atom. The quantitative estimate of drug-likeness (QED) is 0.0506. The van der Waals surface area contributed by atoms with Crippen molar-refractivity contribution in [1.29, 1.82) is 0 Å². The topological polar surface area (TPSA) is 152 Å². The highest BCUT2D eigenvalue weighted by atomic mass is 32.2. The van der Waals surface area contributed by atoms with E-state index in [1.54, 1.807) is 30.4 Å². The summed E-state index contributed by atoms with van der Waals surface area (Å²) in [5, 5.41) is 28.7. The highest BCUT2D eigenvalue weighted by Gasteiger charge is 2.53. The molecule has 0 aromatic heterocycles. The minimum Gasteiger partial charge on any atom is -0.508 e. The summed E-state index contributed by atoms with van der Waals surface area (Å²) in [4.78, 5) is 60.3. The zero-order valence-corrected chi connectivity index (χ0v) is 33.1. The Labute approximate surface area is 334 Å². The summed E-state index contributed by atoms with van der Waals surface area (Å²) in [5.41, 5.74) is 5.94. The average molecular weight is 790 g/mol. The summed E-state index contributed by atoms with van der Waals surface area (Å²) in [6, 6.07) is 20.5. The summed E-state index contributed by atoms with van der Waals surface area (Å²) in [6.07, 6.45) is 8.23. The number of β-lactam (4-membered cyclic amide) rings is 1. The molecule has 3 aliphatic heterocycles. The van der Waals surface area contributed by atoms with E-state index in [1.165, 1.54) is 34.5 Å². The number of aliphatic carboxylic acids is 1. The monoisotopic (exact) mass is 789 g/mol. The standard InChI is InChI=1S/C43H43N5O6S2/c1-43(35-22-31(50)14-18-37(35)44-38-19-15-32(51)23-36(38)43)20-6-4-5-7-30(49)21-34-40(52)48-39(42(53)54)26(25-56-41(34)48)24-55-33-16-10-28(11-17-33)46-45-27-8-12-29(13-9-27)47(2)3/h8-19,22-23,34,41,50H,4-7,20-21,24-25H2,1-3H3,(H,53,54). The van der Waals surface area contributed by atoms with Gasteiger partial charge in [-0.15, -0.1) is 23.5 Å². The number of aliphatic imine (C=N–C) groups is 1. The number of carbonyl (C=O) groups is 4. The first-order valence-corrected chi connectivity index (χ1v) is 20.6. The van der Waals surface area contributed by atoms with E-state index in [0.29, 0.717) is 42.0 Å². The number of rotatable bonds is 15. The molecule has 0 saturated carbocycles. The van der Waals surface area contributed by atoms with Crippen molar-refractivity contribution in [3.05, 3.63) is 107 Å². The number of fused-ring (bicyclic) bond motifs is 3. The second-order valence-corrected chi connectivity index (χ2v) is 16.9. The molecule has 4 aliphatic rings. The number of nitrogens with zero attached hydrogens (tertiary/aromatic N) is 5. The summed E-state index contributed by atoms with van der Waals surface area (Å²) >= 11 is 3.02. The van der Waals surface area contributed by atoms with E-state index in [0.717, 1.165) is 51.6 Å². The Bertz CT molecular complexity index is 2230. The van der Waals surface area contributed by atoms with Crippen molar-refractivity contribution in [2.45, 2.75) is 61.1 Å². The van der Waals surface area contributed by atoms with E-state index in [2.05, 4.69) is 17.2 Å². The van der Waals surface area contributed by atoms with Gasteiger partial charge in [0, 0.05) is 54.4 Å². The van der Waals surface area contributed by atoms with Crippen LogP contribution in [-0.2, 0) is 24.6 Å². The van der Waals surface area contributed by atoms with Crippen LogP contribution in [0.1, 0.15) is 51.0 Å². The molecule has 13 heteroatoms. The van der Waals surface area contributed by atoms with Crippen LogP contribution in [-0.4, -0.2) is 75.2 Å². The molecule has 1 fully saturated rings. The molecular formula is C43H43N5O6S2. The molecule has 0 radical (unpaired) electrons. The van der Waals surface area contributed by atoms with Crippen molar-refractivity contribution in [2.24, 2.45) is 21.1 Å². The van der Waals surface area contributed by atoms with Crippen molar-refractivity contribution < 1.29 is 29.4 Å². The molecule has 1 amide bonds. The van der Waals surface area contributed by atoms with Crippen LogP contribution in [0.15, 0.2) is 122 Å². The number of phenols is 1. The molecule has 288 valence electrons. The lowest BCUT2D eigenvalue weighted by molar-refractivity contribution is -0.154. The van der Waals surface area contributed by atoms with Gasteiger partial charge in [-0.25, -0.2) is 9.79 Å². The number of ketones is 2. The second-order valence-electron chi connectivity index (χ2n) is 14.8. The largest absolute Gasteiger partial charge is 0.508 e. The van der Waals surface area contributed by atoms with E-state index in [4.69, 9.17) is 4.99 Å². The summed E-state index contributed by atoms with van der Waals surface area (Å²) < 4.78 is 0. The van der Waals surface area contributed by atoms with Crippen LogP contribution < -0.4 is 4.90 Å². The summed E-state index contributed by atoms with van der Waals surface area (Å²) in [7, 11) is 3.96. The van der Waals surface area contributed by atoms with E-state index in [-0.39, 0.29) is 40.7 Å². The molecule has 11 nitrogen and oxygen atoms in total. The molecule has 7 rings (SSSR count). The smallest absolute Gasteiger partial charge is 0.352 e. The van der Waals surface area contributed by atoms with Crippen molar-refractivity contribution >= 4 is 75.4 Å². The number of aromatic hydroxyl groups is 1. The number of allylic oxidation sites excluding steroid dienone is 4. The van der Waals surface area contributed by atoms with Gasteiger partial charge in [0.05, 0.1) is 34.1 Å². The number of anilines is 1. The number of phenolic OH excluding ortho intramolecular Hbond substituents is 1. The first-order valence-electron chi connectivity index (χ1n) is 18.6. The lowest BCUT2D eigenvalue weighted by atomic mass is 9.67. The van der Waals surface area contributed by atoms with Crippen molar-refractivity contribution in [1.82, 2.24) is 4.90 Å². The van der Waals surface area contributed by atoms with Crippen molar-refractivity contribution in [2.75, 3.05) is 30.5 Å². The minimum absolute atomic E-state index is 0.00434. The number of unbranched alkanes of at least 4 members (excludes halogenated alkanes) is 2. The third kappa shape index (κ3) is 8.15. The lowest BCUT2D eigenvalue weighted by Crippen LogP contribution is -2.61. The number of hydrogen-bond donors (Lipinski definition) is 2. The second kappa shape index (κ2) is 16.4. The number of carboxylic acids is 1. The van der Waals surface area contributed by atoms with Crippen molar-refractivity contribution in [3.63, 3.8) is 0 Å². The van der Waals surface area contributed by atoms with Crippen LogP contribution in [0.4, 0.5) is 22.7 Å². The van der Waals surface area contributed by atoms with Crippen LogP contribution in [0.5, 0.6) is 5.75 Å². The average Bonchev–Trinajstić information content (AvgIpc) is 3.19. The molecule has 3 aromatic carbocycles. The maximum absolute atomic E-state index is 13.3. The van der Waals surface area contributed by atoms with Gasteiger partial charge >= 0.3 is 5.97 Å². The van der Waals surface area contributed by atoms with Crippen LogP contribution >= 0.6 is 23.5 Å². The normalized spacial score (nSPS) is 21.2. The van der Waals surface area contributed by atoms with Crippen LogP contribution in [0, 0.1) is 5.92 Å². The van der Waals surface area contributed by atoms with Gasteiger partial charge in [0.1, 0.15) is 17.2 Å². The molecule has 3 aromatic rings. The Balaban J connectivity index is 0.892. The fourth-order valence-electron chi connectivity index (χ4n) is 7.63. The molecule has 3 unspecified atom stereocenters. The first-order chi connectivity index (χ1) is 26.9. The minimum atomic E-state index is -1.13. The fraction of sp³-hybridized carbons (Fsp3) is 0.326. The van der Waals surface area contributed by atoms with E-state index in [9.17, 15) is 29.4 Å². The number of carboxylic acid groups (broad SMARTS) is 1. The van der Waals surface area contributed by atoms with Crippen molar-refractivity contribution in [3.8, 4) is 5.75 Å². The molecule has 2 N–H and O–H groups in total. The van der Waals surface area contributed by atoms with Gasteiger partial charge in [-0.05, 0) is 115 Å². The molecular weight excluding hydrogens is 747 g/mol. The van der Waals surface area contributed by atoms with Crippen LogP contribution in [0.2, 0.25) is 0 Å². The Morgan fingerprint density at radius 2 is 1.70 bits per heavy atom. The molecule has 1 aliphatic carbocycles. The van der Waals surface area contributed by atoms with E-state index >= 15 is 0 Å². The lowest BCUT2D eigenvalue weighted by Gasteiger charge is -2.49. The number of Topliss-reactive ketones (excluding diaryl/α,β-unsaturated/α-hetero) is 1. The highest BCUT2D eigenvalue weighted by Crippen LogP contribution is 2.49. The van der Waals surface area contributed by atoms with Gasteiger partial charge in [0.25, 0.3) is 0 Å². The maximum atomic E-state index is 13.3. The Morgan fingerprint density at radius 1 is 0.982 bits per heavy atom. The third-order valence-electron chi connectivity index (χ3n) is 10.7. The summed E-state index contributed by atoms with van der Waals surface area (Å²) in [5.74, 6) is -1.05. The predicted octanol–water partition coefficient (Wildman–Crippen LogP) is 8.85. The molecule has 1 saturated heterocycles. The van der Waals surface area contributed by atoms with Gasteiger partial charge in [0.2, 0.25) is 5.91 Å². The molecule has 3 atom stereocenters. The van der Waals surface area contributed by atoms with E-state index in [1.807, 2.05) is 67.5 Å². The van der Waals surface area contributed by atoms with Gasteiger partial charge in [-0.2, -0.15) is 10.2 Å². The highest BCUT2D eigenvalue weighted by molar-refractivity contribution is 8.01. The molecule has 3 heterocycles. The van der Waals surface area contributed by atoms with Crippen LogP contribution in [0.3, 0.4) is 0 Å². The Hall–Kier alpha value is -5.27. The SMILES string of the molecule is CN(C)c1ccc(N=Nc2ccc(SCC3=C(C(=O)O)N4C(=O)C(CC(=O)CCCCCC5(C)C6=CC(=O)C=CC6=Nc6ccc(O)cc65)C4SC3)cc2)cc1. The van der Waals surface area contributed by atoms with Gasteiger partial charge in [-0.1, -0.05) is 19.8 Å². The molecule has 56 heavy (non-hydrogen) atoms. The Kier molecular flexibility index (Phi) is 11.5. The van der Waals surface area contributed by atoms with Crippen LogP contribution in [0.25, 0.3) is 0 Å². The molecule has 0 bridgehead atoms. The van der Waals surface area contributed by atoms with E-state index < -0.39 is 17.3 Å².